The predicted molar refractivity (Wildman–Crippen MR) is 96.1 cm³/mol. The maximum atomic E-state index is 12.6. The van der Waals surface area contributed by atoms with Crippen LogP contribution in [-0.2, 0) is 7.05 Å². The first-order valence-corrected chi connectivity index (χ1v) is 7.60. The Kier molecular flexibility index (Phi) is 4.10. The Balaban J connectivity index is 2.15. The van der Waals surface area contributed by atoms with Crippen molar-refractivity contribution < 1.29 is 15.0 Å². The van der Waals surface area contributed by atoms with Crippen molar-refractivity contribution in [1.29, 1.82) is 0 Å². The number of benzene rings is 2. The molecular weight excluding hydrogens is 320 g/mol. The van der Waals surface area contributed by atoms with Crippen LogP contribution in [0.5, 0.6) is 5.75 Å². The van der Waals surface area contributed by atoms with Gasteiger partial charge >= 0.3 is 5.97 Å². The van der Waals surface area contributed by atoms with Gasteiger partial charge in [-0.2, -0.15) is 0 Å². The van der Waals surface area contributed by atoms with Gasteiger partial charge in [-0.05, 0) is 43.3 Å². The summed E-state index contributed by atoms with van der Waals surface area (Å²) in [5, 5.41) is 20.0. The van der Waals surface area contributed by atoms with Crippen LogP contribution in [0.1, 0.15) is 22.8 Å². The topological polar surface area (TPSA) is 91.9 Å². The zero-order valence-electron chi connectivity index (χ0n) is 13.7. The van der Waals surface area contributed by atoms with Gasteiger partial charge in [-0.15, -0.1) is 0 Å². The van der Waals surface area contributed by atoms with Crippen LogP contribution in [-0.4, -0.2) is 26.5 Å². The first-order chi connectivity index (χ1) is 11.9. The third-order valence-electron chi connectivity index (χ3n) is 4.05. The van der Waals surface area contributed by atoms with Crippen LogP contribution in [0.3, 0.4) is 0 Å². The van der Waals surface area contributed by atoms with Crippen LogP contribution in [0.2, 0.25) is 0 Å². The molecular formula is C19H16N2O4. The van der Waals surface area contributed by atoms with Gasteiger partial charge in [-0.3, -0.25) is 9.79 Å². The lowest BCUT2D eigenvalue weighted by Gasteiger charge is -2.11. The van der Waals surface area contributed by atoms with Crippen LogP contribution in [0, 0.1) is 0 Å². The number of fused-ring (bicyclic) bond motifs is 1. The smallest absolute Gasteiger partial charge is 0.335 e. The molecule has 126 valence electrons. The monoisotopic (exact) mass is 336 g/mol. The first-order valence-electron chi connectivity index (χ1n) is 7.60. The van der Waals surface area contributed by atoms with Gasteiger partial charge < -0.3 is 14.8 Å². The molecule has 0 bridgehead atoms. The molecule has 0 atom stereocenters. The zero-order valence-corrected chi connectivity index (χ0v) is 13.7. The van der Waals surface area contributed by atoms with Crippen LogP contribution in [0.25, 0.3) is 10.9 Å². The van der Waals surface area contributed by atoms with Crippen LogP contribution < -0.4 is 5.56 Å². The molecule has 0 aliphatic heterocycles. The number of carboxylic acids is 1. The number of carboxylic acid groups (broad SMARTS) is 1. The van der Waals surface area contributed by atoms with E-state index in [9.17, 15) is 14.7 Å². The molecule has 2 N–H and O–H groups in total. The maximum absolute atomic E-state index is 12.6. The Bertz CT molecular complexity index is 1060. The number of rotatable bonds is 3. The first kappa shape index (κ1) is 16.4. The molecule has 1 aromatic heterocycles. The van der Waals surface area contributed by atoms with Crippen molar-refractivity contribution in [3.8, 4) is 5.75 Å². The molecule has 0 aliphatic carbocycles. The van der Waals surface area contributed by atoms with Gasteiger partial charge in [0, 0.05) is 12.4 Å². The Morgan fingerprint density at radius 3 is 2.36 bits per heavy atom. The molecule has 3 aromatic rings. The van der Waals surface area contributed by atoms with Crippen molar-refractivity contribution in [2.45, 2.75) is 6.92 Å². The SMILES string of the molecule is CC(=Nc1ccc(C(=O)O)cc1)c1c(O)c2ccccc2n(C)c1=O. The van der Waals surface area contributed by atoms with E-state index in [2.05, 4.69) is 4.99 Å². The molecule has 0 aliphatic rings. The minimum absolute atomic E-state index is 0.109. The van der Waals surface area contributed by atoms with E-state index in [1.165, 1.54) is 16.7 Å². The molecule has 0 radical (unpaired) electrons. The molecule has 2 aromatic carbocycles. The fourth-order valence-corrected chi connectivity index (χ4v) is 2.73. The summed E-state index contributed by atoms with van der Waals surface area (Å²) in [4.78, 5) is 27.9. The van der Waals surface area contributed by atoms with Crippen molar-refractivity contribution in [1.82, 2.24) is 4.57 Å². The van der Waals surface area contributed by atoms with E-state index in [0.29, 0.717) is 22.3 Å². The van der Waals surface area contributed by atoms with Gasteiger partial charge in [-0.1, -0.05) is 12.1 Å². The van der Waals surface area contributed by atoms with Crippen molar-refractivity contribution in [2.75, 3.05) is 0 Å². The number of nitrogens with zero attached hydrogens (tertiary/aromatic N) is 2. The lowest BCUT2D eigenvalue weighted by molar-refractivity contribution is 0.0697. The van der Waals surface area contributed by atoms with Gasteiger partial charge in [0.05, 0.1) is 22.5 Å². The van der Waals surface area contributed by atoms with Crippen molar-refractivity contribution in [3.05, 3.63) is 70.0 Å². The summed E-state index contributed by atoms with van der Waals surface area (Å²) < 4.78 is 1.47. The lowest BCUT2D eigenvalue weighted by atomic mass is 10.1. The number of pyridine rings is 1. The second kappa shape index (κ2) is 6.24. The summed E-state index contributed by atoms with van der Waals surface area (Å²) >= 11 is 0. The number of hydrogen-bond acceptors (Lipinski definition) is 4. The molecule has 3 rings (SSSR count). The highest BCUT2D eigenvalue weighted by molar-refractivity contribution is 6.06. The number of aromatic hydroxyl groups is 1. The third-order valence-corrected chi connectivity index (χ3v) is 4.05. The van der Waals surface area contributed by atoms with Gasteiger partial charge in [0.2, 0.25) is 0 Å². The summed E-state index contributed by atoms with van der Waals surface area (Å²) in [5.74, 6) is -1.13. The lowest BCUT2D eigenvalue weighted by Crippen LogP contribution is -2.24. The summed E-state index contributed by atoms with van der Waals surface area (Å²) in [5.41, 5.74) is 1.42. The number of aromatic nitrogens is 1. The average Bonchev–Trinajstić information content (AvgIpc) is 2.60. The normalized spacial score (nSPS) is 11.7. The van der Waals surface area contributed by atoms with Crippen molar-refractivity contribution in [3.63, 3.8) is 0 Å². The van der Waals surface area contributed by atoms with Crippen molar-refractivity contribution >= 4 is 28.3 Å². The number of aliphatic imine (C=N–C) groups is 1. The number of hydrogen-bond donors (Lipinski definition) is 2. The minimum atomic E-state index is -1.02. The minimum Gasteiger partial charge on any atom is -0.506 e. The highest BCUT2D eigenvalue weighted by atomic mass is 16.4. The van der Waals surface area contributed by atoms with Gasteiger partial charge in [0.1, 0.15) is 11.3 Å². The van der Waals surface area contributed by atoms with E-state index in [4.69, 9.17) is 5.11 Å². The highest BCUT2D eigenvalue weighted by Crippen LogP contribution is 2.27. The summed E-state index contributed by atoms with van der Waals surface area (Å²) in [7, 11) is 1.64. The molecule has 0 fully saturated rings. The Labute approximate surface area is 143 Å². The van der Waals surface area contributed by atoms with Crippen LogP contribution in [0.4, 0.5) is 5.69 Å². The van der Waals surface area contributed by atoms with Crippen LogP contribution >= 0.6 is 0 Å². The number of para-hydroxylation sites is 1. The van der Waals surface area contributed by atoms with E-state index in [0.717, 1.165) is 0 Å². The standard InChI is InChI=1S/C19H16N2O4/c1-11(20-13-9-7-12(8-10-13)19(24)25)16-17(22)14-5-3-4-6-15(14)21(2)18(16)23/h3-10,22H,1-2H3,(H,24,25). The maximum Gasteiger partial charge on any atom is 0.335 e. The average molecular weight is 336 g/mol. The quantitative estimate of drug-likeness (QED) is 0.719. The molecule has 1 heterocycles. The molecule has 0 amide bonds. The fraction of sp³-hybridized carbons (Fsp3) is 0.105. The third kappa shape index (κ3) is 2.89. The van der Waals surface area contributed by atoms with E-state index in [-0.39, 0.29) is 22.4 Å². The van der Waals surface area contributed by atoms with E-state index in [1.807, 2.05) is 0 Å². The Morgan fingerprint density at radius 2 is 1.72 bits per heavy atom. The van der Waals surface area contributed by atoms with Crippen molar-refractivity contribution in [2.24, 2.45) is 12.0 Å². The van der Waals surface area contributed by atoms with E-state index >= 15 is 0 Å². The zero-order chi connectivity index (χ0) is 18.1. The number of aromatic carboxylic acids is 1. The Morgan fingerprint density at radius 1 is 1.08 bits per heavy atom. The summed E-state index contributed by atoms with van der Waals surface area (Å²) in [6, 6.07) is 13.1. The van der Waals surface area contributed by atoms with Gasteiger partial charge in [-0.25, -0.2) is 4.79 Å². The second-order valence-electron chi connectivity index (χ2n) is 5.65. The summed E-state index contributed by atoms with van der Waals surface area (Å²) in [6.07, 6.45) is 0. The number of aryl methyl sites for hydroxylation is 1. The molecule has 6 heteroatoms. The van der Waals surface area contributed by atoms with Gasteiger partial charge in [0.25, 0.3) is 5.56 Å². The molecule has 0 spiro atoms. The molecule has 0 saturated heterocycles. The fourth-order valence-electron chi connectivity index (χ4n) is 2.73. The largest absolute Gasteiger partial charge is 0.506 e. The molecule has 25 heavy (non-hydrogen) atoms. The predicted octanol–water partition coefficient (Wildman–Crippen LogP) is 3.08. The Hall–Kier alpha value is -3.41. The van der Waals surface area contributed by atoms with E-state index < -0.39 is 5.97 Å². The summed E-state index contributed by atoms with van der Waals surface area (Å²) in [6.45, 7) is 1.64. The van der Waals surface area contributed by atoms with Crippen LogP contribution in [0.15, 0.2) is 58.3 Å². The molecule has 6 nitrogen and oxygen atoms in total. The molecule has 0 unspecified atom stereocenters. The van der Waals surface area contributed by atoms with Gasteiger partial charge in [0.15, 0.2) is 0 Å². The molecule has 0 saturated carbocycles. The highest BCUT2D eigenvalue weighted by Gasteiger charge is 2.16. The van der Waals surface area contributed by atoms with E-state index in [1.54, 1.807) is 50.4 Å². The number of carbonyl (C=O) groups is 1. The second-order valence-corrected chi connectivity index (χ2v) is 5.65.